The van der Waals surface area contributed by atoms with Gasteiger partial charge >= 0.3 is 11.9 Å². The molecule has 0 spiro atoms. The Hall–Kier alpha value is -5.09. The number of benzene rings is 1. The van der Waals surface area contributed by atoms with Crippen molar-refractivity contribution in [1.29, 1.82) is 0 Å². The van der Waals surface area contributed by atoms with Gasteiger partial charge in [0.15, 0.2) is 11.5 Å². The standard InChI is InChI=1S/C40H49NO14/c1-16-12-11-13-17(2)38(49)41-28-19(4)36(55-23(8)42)24-25(33(28)47)31(45)21(6)35-26(24)34(53-15-54-35)18(3)14-40(9,51)37(48)22(7)32(46)27(39(50)52-10)30(44)20(5)29(16)43/h11-14,16,20,22,27,30,32,37,44,46-48,51H,15H2,1-10H3,(H,41,49)/b12-11-,17-13?,18-14-. The zero-order valence-electron chi connectivity index (χ0n) is 32.5. The second kappa shape index (κ2) is 16.3. The maximum atomic E-state index is 14.0. The van der Waals surface area contributed by atoms with Crippen molar-refractivity contribution in [2.75, 3.05) is 19.2 Å². The third-order valence-electron chi connectivity index (χ3n) is 10.4. The number of allylic oxidation sites excluding steroid dienone is 6. The molecule has 15 heteroatoms. The van der Waals surface area contributed by atoms with Crippen molar-refractivity contribution in [3.8, 4) is 11.5 Å². The van der Waals surface area contributed by atoms with Crippen LogP contribution in [0.5, 0.6) is 11.5 Å². The lowest BCUT2D eigenvalue weighted by Crippen LogP contribution is -2.52. The zero-order chi connectivity index (χ0) is 41.4. The molecule has 6 N–H and O–H groups in total. The van der Waals surface area contributed by atoms with E-state index >= 15 is 0 Å². The number of phenolic OH excluding ortho intramolecular Hbond substituents is 1. The van der Waals surface area contributed by atoms with E-state index in [1.54, 1.807) is 0 Å². The minimum Gasteiger partial charge on any atom is -0.505 e. The third kappa shape index (κ3) is 8.01. The minimum absolute atomic E-state index is 0.00714. The van der Waals surface area contributed by atoms with Crippen LogP contribution in [0.3, 0.4) is 0 Å². The van der Waals surface area contributed by atoms with Crippen molar-refractivity contribution in [2.45, 2.75) is 86.2 Å². The molecule has 8 unspecified atom stereocenters. The number of methoxy groups -OCH3 is 1. The van der Waals surface area contributed by atoms with Crippen molar-refractivity contribution in [1.82, 2.24) is 0 Å². The Morgan fingerprint density at radius 1 is 0.945 bits per heavy atom. The van der Waals surface area contributed by atoms with E-state index in [1.807, 2.05) is 0 Å². The van der Waals surface area contributed by atoms with Crippen molar-refractivity contribution in [3.63, 3.8) is 0 Å². The van der Waals surface area contributed by atoms with Gasteiger partial charge in [0.1, 0.15) is 34.6 Å². The molecule has 15 nitrogen and oxygen atoms in total. The average Bonchev–Trinajstić information content (AvgIpc) is 3.13. The Morgan fingerprint density at radius 3 is 2.16 bits per heavy atom. The summed E-state index contributed by atoms with van der Waals surface area (Å²) in [5.74, 6) is -9.80. The number of hydrogen-bond donors (Lipinski definition) is 6. The molecule has 0 fully saturated rings. The summed E-state index contributed by atoms with van der Waals surface area (Å²) < 4.78 is 22.2. The SMILES string of the molecule is COC(=O)C1C(O)C(C)C(=O)C(C)/C=C\C=C(C)C(=O)Nc2c(C)c(OC(C)=O)c3c(c2O)C(=O)C(C)=C2OCOC(=C23)/C(C)=C\C(C)(O)C(O)C(C)C1O. The molecule has 55 heavy (non-hydrogen) atoms. The smallest absolute Gasteiger partial charge is 0.313 e. The van der Waals surface area contributed by atoms with Crippen LogP contribution in [0, 0.1) is 30.6 Å². The molecule has 0 saturated carbocycles. The Kier molecular flexibility index (Phi) is 12.7. The average molecular weight is 768 g/mol. The number of anilines is 1. The number of hydrogen-bond acceptors (Lipinski definition) is 14. The summed E-state index contributed by atoms with van der Waals surface area (Å²) in [6.07, 6.45) is 0.0247. The van der Waals surface area contributed by atoms with Gasteiger partial charge in [-0.15, -0.1) is 0 Å². The van der Waals surface area contributed by atoms with E-state index in [0.29, 0.717) is 0 Å². The van der Waals surface area contributed by atoms with Crippen molar-refractivity contribution in [2.24, 2.45) is 23.7 Å². The molecule has 1 aliphatic carbocycles. The number of rotatable bonds is 2. The van der Waals surface area contributed by atoms with Gasteiger partial charge in [-0.25, -0.2) is 0 Å². The van der Waals surface area contributed by atoms with Gasteiger partial charge in [-0.05, 0) is 46.3 Å². The zero-order valence-corrected chi connectivity index (χ0v) is 32.5. The van der Waals surface area contributed by atoms with E-state index in [0.717, 1.165) is 14.0 Å². The number of aliphatic hydroxyl groups excluding tert-OH is 3. The molecule has 3 aliphatic heterocycles. The predicted octanol–water partition coefficient (Wildman–Crippen LogP) is 3.31. The summed E-state index contributed by atoms with van der Waals surface area (Å²) >= 11 is 0. The number of esters is 2. The lowest BCUT2D eigenvalue weighted by Gasteiger charge is -2.38. The van der Waals surface area contributed by atoms with Gasteiger partial charge in [0.2, 0.25) is 6.79 Å². The molecule has 1 aromatic carbocycles. The third-order valence-corrected chi connectivity index (χ3v) is 10.4. The second-order valence-corrected chi connectivity index (χ2v) is 14.5. The number of amides is 1. The minimum atomic E-state index is -2.19. The van der Waals surface area contributed by atoms with Crippen LogP contribution < -0.4 is 10.1 Å². The Labute approximate surface area is 318 Å². The first-order valence-electron chi connectivity index (χ1n) is 17.7. The number of ether oxygens (including phenoxy) is 4. The highest BCUT2D eigenvalue weighted by Crippen LogP contribution is 2.53. The molecule has 0 radical (unpaired) electrons. The molecule has 3 heterocycles. The van der Waals surface area contributed by atoms with Crippen molar-refractivity contribution < 1.29 is 68.5 Å². The van der Waals surface area contributed by atoms with Crippen LogP contribution >= 0.6 is 0 Å². The van der Waals surface area contributed by atoms with Crippen LogP contribution in [0.25, 0.3) is 5.57 Å². The van der Waals surface area contributed by atoms with Crippen LogP contribution in [0.1, 0.15) is 76.9 Å². The van der Waals surface area contributed by atoms with Gasteiger partial charge in [0, 0.05) is 47.0 Å². The molecule has 0 saturated heterocycles. The van der Waals surface area contributed by atoms with Gasteiger partial charge in [0.05, 0.1) is 42.2 Å². The molecule has 1 amide bonds. The lowest BCUT2D eigenvalue weighted by molar-refractivity contribution is -0.166. The summed E-state index contributed by atoms with van der Waals surface area (Å²) in [5, 5.41) is 60.4. The van der Waals surface area contributed by atoms with Gasteiger partial charge in [-0.2, -0.15) is 0 Å². The van der Waals surface area contributed by atoms with E-state index in [4.69, 9.17) is 18.9 Å². The maximum Gasteiger partial charge on any atom is 0.313 e. The number of phenols is 1. The van der Waals surface area contributed by atoms with E-state index in [2.05, 4.69) is 5.32 Å². The summed E-state index contributed by atoms with van der Waals surface area (Å²) in [6, 6.07) is 0. The summed E-state index contributed by atoms with van der Waals surface area (Å²) in [7, 11) is 1.04. The summed E-state index contributed by atoms with van der Waals surface area (Å²) in [5.41, 5.74) is -2.46. The van der Waals surface area contributed by atoms with E-state index < -0.39 is 89.5 Å². The van der Waals surface area contributed by atoms with Crippen LogP contribution in [-0.2, 0) is 33.4 Å². The number of aromatic hydroxyl groups is 1. The lowest BCUT2D eigenvalue weighted by atomic mass is 9.75. The van der Waals surface area contributed by atoms with E-state index in [9.17, 15) is 49.5 Å². The fourth-order valence-electron chi connectivity index (χ4n) is 7.13. The molecular weight excluding hydrogens is 718 g/mol. The Morgan fingerprint density at radius 2 is 1.56 bits per heavy atom. The fraction of sp³-hybridized carbons (Fsp3) is 0.475. The van der Waals surface area contributed by atoms with E-state index in [1.165, 1.54) is 79.7 Å². The van der Waals surface area contributed by atoms with E-state index in [-0.39, 0.29) is 61.9 Å². The van der Waals surface area contributed by atoms with Crippen molar-refractivity contribution in [3.05, 3.63) is 69.2 Å². The first kappa shape index (κ1) is 42.6. The van der Waals surface area contributed by atoms with Gasteiger partial charge in [0.25, 0.3) is 5.91 Å². The number of Topliss-reactive ketones (excluding diaryl/α,β-unsaturated/α-hetero) is 2. The second-order valence-electron chi connectivity index (χ2n) is 14.5. The number of carbonyl (C=O) groups excluding carboxylic acids is 5. The number of ketones is 2. The summed E-state index contributed by atoms with van der Waals surface area (Å²) in [4.78, 5) is 66.4. The van der Waals surface area contributed by atoms with Gasteiger partial charge in [-0.3, -0.25) is 24.0 Å². The van der Waals surface area contributed by atoms with Gasteiger partial charge in [-0.1, -0.05) is 39.0 Å². The highest BCUT2D eigenvalue weighted by atomic mass is 16.7. The van der Waals surface area contributed by atoms with Crippen LogP contribution in [0.2, 0.25) is 0 Å². The molecule has 4 aliphatic rings. The molecular formula is C40H49NO14. The number of carbonyl (C=O) groups is 5. The topological polar surface area (TPSA) is 235 Å². The fourth-order valence-corrected chi connectivity index (χ4v) is 7.13. The highest BCUT2D eigenvalue weighted by Gasteiger charge is 2.47. The monoisotopic (exact) mass is 767 g/mol. The van der Waals surface area contributed by atoms with Crippen molar-refractivity contribution >= 4 is 40.7 Å². The molecule has 298 valence electrons. The molecule has 8 atom stereocenters. The molecule has 0 aromatic heterocycles. The van der Waals surface area contributed by atoms with Crippen LogP contribution in [-0.4, -0.2) is 92.8 Å². The summed E-state index contributed by atoms with van der Waals surface area (Å²) in [6.45, 7) is 12.0. The largest absolute Gasteiger partial charge is 0.505 e. The van der Waals surface area contributed by atoms with Crippen LogP contribution in [0.4, 0.5) is 5.69 Å². The molecule has 4 bridgehead atoms. The highest BCUT2D eigenvalue weighted by molar-refractivity contribution is 6.21. The Balaban J connectivity index is 2.07. The first-order chi connectivity index (χ1) is 25.6. The predicted molar refractivity (Wildman–Crippen MR) is 197 cm³/mol. The number of aliphatic hydroxyl groups is 4. The quantitative estimate of drug-likeness (QED) is 0.144. The number of nitrogens with one attached hydrogen (secondary N) is 1. The van der Waals surface area contributed by atoms with Gasteiger partial charge < -0.3 is 49.8 Å². The molecule has 5 rings (SSSR count). The number of fused-ring (bicyclic) bond motifs is 14. The maximum absolute atomic E-state index is 14.0. The first-order valence-corrected chi connectivity index (χ1v) is 17.7. The normalized spacial score (nSPS) is 31.0. The molecule has 1 aromatic rings. The Bertz CT molecular complexity index is 1960. The van der Waals surface area contributed by atoms with Crippen LogP contribution in [0.15, 0.2) is 52.5 Å².